The Bertz CT molecular complexity index is 1930. The molecule has 0 aromatic heterocycles. The molecule has 19 heteroatoms. The monoisotopic (exact) mass is 1480 g/mol. The van der Waals surface area contributed by atoms with Crippen molar-refractivity contribution < 1.29 is 80.2 Å². The van der Waals surface area contributed by atoms with Crippen molar-refractivity contribution in [2.45, 2.75) is 457 Å². The molecule has 600 valence electrons. The second-order valence-corrected chi connectivity index (χ2v) is 32.9. The van der Waals surface area contributed by atoms with Gasteiger partial charge in [0.2, 0.25) is 0 Å². The summed E-state index contributed by atoms with van der Waals surface area (Å²) >= 11 is 0. The van der Waals surface area contributed by atoms with Crippen LogP contribution in [0.15, 0.2) is 0 Å². The van der Waals surface area contributed by atoms with Crippen LogP contribution in [0.3, 0.4) is 0 Å². The molecular formula is C82H160O17P2. The zero-order chi connectivity index (χ0) is 74.1. The van der Waals surface area contributed by atoms with E-state index >= 15 is 0 Å². The SMILES string of the molecule is CCCCCCCCCCCCCCCCCCCCCCCC(=O)O[C@H](COC(=O)CCCCCCCCCCCCCCCC)COP(=O)(O)OC[C@@H](O)COP(=O)(O)OC[C@@H](COC(=O)CCCCCCCCCCCCCCC)OC(=O)CCCCCCCCCCCCC(C)C. The van der Waals surface area contributed by atoms with Crippen LogP contribution in [0.25, 0.3) is 0 Å². The van der Waals surface area contributed by atoms with E-state index in [1.54, 1.807) is 0 Å². The lowest BCUT2D eigenvalue weighted by atomic mass is 10.0. The van der Waals surface area contributed by atoms with Crippen molar-refractivity contribution in [1.82, 2.24) is 0 Å². The number of hydrogen-bond donors (Lipinski definition) is 3. The summed E-state index contributed by atoms with van der Waals surface area (Å²) in [6, 6.07) is 0. The van der Waals surface area contributed by atoms with Crippen LogP contribution < -0.4 is 0 Å². The highest BCUT2D eigenvalue weighted by Crippen LogP contribution is 2.45. The van der Waals surface area contributed by atoms with Gasteiger partial charge in [-0.15, -0.1) is 0 Å². The Hall–Kier alpha value is -1.94. The van der Waals surface area contributed by atoms with Gasteiger partial charge < -0.3 is 33.8 Å². The largest absolute Gasteiger partial charge is 0.472 e. The molecule has 0 fully saturated rings. The second-order valence-electron chi connectivity index (χ2n) is 30.0. The van der Waals surface area contributed by atoms with E-state index in [9.17, 15) is 43.2 Å². The molecule has 0 spiro atoms. The molecule has 0 aliphatic heterocycles. The summed E-state index contributed by atoms with van der Waals surface area (Å²) in [7, 11) is -9.92. The lowest BCUT2D eigenvalue weighted by Gasteiger charge is -2.21. The minimum absolute atomic E-state index is 0.107. The van der Waals surface area contributed by atoms with E-state index < -0.39 is 97.5 Å². The Labute approximate surface area is 619 Å². The molecule has 0 saturated carbocycles. The highest BCUT2D eigenvalue weighted by atomic mass is 31.2. The smallest absolute Gasteiger partial charge is 0.462 e. The van der Waals surface area contributed by atoms with Crippen molar-refractivity contribution in [3.8, 4) is 0 Å². The fourth-order valence-electron chi connectivity index (χ4n) is 12.8. The Morgan fingerprint density at radius 1 is 0.267 bits per heavy atom. The molecule has 0 aromatic rings. The number of phosphoric acid groups is 2. The molecule has 101 heavy (non-hydrogen) atoms. The molecule has 0 saturated heterocycles. The highest BCUT2D eigenvalue weighted by Gasteiger charge is 2.30. The van der Waals surface area contributed by atoms with Crippen LogP contribution >= 0.6 is 15.6 Å². The van der Waals surface area contributed by atoms with Gasteiger partial charge in [-0.05, 0) is 31.6 Å². The van der Waals surface area contributed by atoms with Crippen molar-refractivity contribution in [1.29, 1.82) is 0 Å². The third-order valence-electron chi connectivity index (χ3n) is 19.3. The molecule has 0 radical (unpaired) electrons. The number of aliphatic hydroxyl groups excluding tert-OH is 1. The highest BCUT2D eigenvalue weighted by molar-refractivity contribution is 7.47. The molecule has 5 atom stereocenters. The summed E-state index contributed by atoms with van der Waals surface area (Å²) in [5.74, 6) is -1.35. The predicted octanol–water partition coefficient (Wildman–Crippen LogP) is 24.8. The molecular weight excluding hydrogens is 1320 g/mol. The van der Waals surface area contributed by atoms with Crippen LogP contribution in [0.2, 0.25) is 0 Å². The van der Waals surface area contributed by atoms with Gasteiger partial charge in [0.05, 0.1) is 26.4 Å². The first-order valence-electron chi connectivity index (χ1n) is 42.6. The molecule has 0 bridgehead atoms. The van der Waals surface area contributed by atoms with Crippen molar-refractivity contribution >= 4 is 39.5 Å². The predicted molar refractivity (Wildman–Crippen MR) is 414 cm³/mol. The van der Waals surface area contributed by atoms with Crippen molar-refractivity contribution in [2.24, 2.45) is 5.92 Å². The van der Waals surface area contributed by atoms with Gasteiger partial charge in [0.15, 0.2) is 12.2 Å². The number of hydrogen-bond acceptors (Lipinski definition) is 15. The Morgan fingerprint density at radius 3 is 0.673 bits per heavy atom. The number of unbranched alkanes of at least 4 members (excludes halogenated alkanes) is 54. The third kappa shape index (κ3) is 76.1. The number of ether oxygens (including phenoxy) is 4. The fraction of sp³-hybridized carbons (Fsp3) is 0.951. The summed E-state index contributed by atoms with van der Waals surface area (Å²) in [5.41, 5.74) is 0. The number of carbonyl (C=O) groups is 4. The fourth-order valence-corrected chi connectivity index (χ4v) is 14.3. The first-order valence-corrected chi connectivity index (χ1v) is 45.6. The van der Waals surface area contributed by atoms with Crippen LogP contribution in [0.4, 0.5) is 0 Å². The Kier molecular flexibility index (Phi) is 73.5. The minimum Gasteiger partial charge on any atom is -0.462 e. The minimum atomic E-state index is -4.96. The molecule has 0 aliphatic rings. The van der Waals surface area contributed by atoms with E-state index in [1.807, 2.05) is 0 Å². The molecule has 0 rings (SSSR count). The molecule has 3 N–H and O–H groups in total. The molecule has 17 nitrogen and oxygen atoms in total. The topological polar surface area (TPSA) is 237 Å². The van der Waals surface area contributed by atoms with Gasteiger partial charge in [0, 0.05) is 25.7 Å². The number of carbonyl (C=O) groups excluding carboxylic acids is 4. The first kappa shape index (κ1) is 99.1. The average Bonchev–Trinajstić information content (AvgIpc) is 0.978. The Morgan fingerprint density at radius 2 is 0.455 bits per heavy atom. The van der Waals surface area contributed by atoms with Gasteiger partial charge >= 0.3 is 39.5 Å². The van der Waals surface area contributed by atoms with Crippen LogP contribution in [-0.2, 0) is 65.4 Å². The number of phosphoric ester groups is 2. The maximum atomic E-state index is 13.1. The van der Waals surface area contributed by atoms with Crippen molar-refractivity contribution in [3.63, 3.8) is 0 Å². The summed E-state index contributed by atoms with van der Waals surface area (Å²) in [6.45, 7) is 7.33. The van der Waals surface area contributed by atoms with E-state index in [0.29, 0.717) is 25.7 Å². The normalized spacial score (nSPS) is 13.8. The Balaban J connectivity index is 5.23. The number of aliphatic hydroxyl groups is 1. The lowest BCUT2D eigenvalue weighted by Crippen LogP contribution is -2.30. The maximum absolute atomic E-state index is 13.1. The quantitative estimate of drug-likeness (QED) is 0.0222. The number of rotatable bonds is 82. The summed E-state index contributed by atoms with van der Waals surface area (Å²) < 4.78 is 68.8. The third-order valence-corrected chi connectivity index (χ3v) is 21.2. The van der Waals surface area contributed by atoms with Gasteiger partial charge in [-0.3, -0.25) is 37.3 Å². The van der Waals surface area contributed by atoms with Crippen molar-refractivity contribution in [3.05, 3.63) is 0 Å². The van der Waals surface area contributed by atoms with Crippen LogP contribution in [0.5, 0.6) is 0 Å². The first-order chi connectivity index (χ1) is 49.0. The zero-order valence-electron chi connectivity index (χ0n) is 66.1. The van der Waals surface area contributed by atoms with E-state index in [-0.39, 0.29) is 25.7 Å². The number of esters is 4. The van der Waals surface area contributed by atoms with Gasteiger partial charge in [-0.1, -0.05) is 388 Å². The molecule has 2 unspecified atom stereocenters. The second kappa shape index (κ2) is 74.9. The van der Waals surface area contributed by atoms with Crippen LogP contribution in [0.1, 0.15) is 439 Å². The lowest BCUT2D eigenvalue weighted by molar-refractivity contribution is -0.161. The van der Waals surface area contributed by atoms with Gasteiger partial charge in [0.1, 0.15) is 19.3 Å². The molecule has 0 heterocycles. The molecule has 0 amide bonds. The summed E-state index contributed by atoms with van der Waals surface area (Å²) in [5, 5.41) is 10.7. The standard InChI is InChI=1S/C82H160O17P2/c1-6-9-12-15-18-21-24-27-29-30-31-32-33-34-35-38-41-47-52-57-62-67-81(86)98-77(71-93-80(85)66-61-56-51-46-40-37-28-25-22-19-16-13-10-7-2)73-96-100(88,89)94-69-76(83)70-95-101(90,91)97-74-78(99-82(87)68-63-58-53-48-43-42-44-49-54-59-64-75(4)5)72-92-79(84)65-60-55-50-45-39-36-26-23-20-17-14-11-8-3/h75-78,83H,6-74H2,1-5H3,(H,88,89)(H,90,91)/t76-,77-,78-/m1/s1. The zero-order valence-corrected chi connectivity index (χ0v) is 67.8. The maximum Gasteiger partial charge on any atom is 0.472 e. The van der Waals surface area contributed by atoms with E-state index in [4.69, 9.17) is 37.0 Å². The molecule has 0 aromatic carbocycles. The van der Waals surface area contributed by atoms with Gasteiger partial charge in [-0.2, -0.15) is 0 Å². The van der Waals surface area contributed by atoms with Crippen LogP contribution in [0, 0.1) is 5.92 Å². The van der Waals surface area contributed by atoms with E-state index in [2.05, 4.69) is 34.6 Å². The van der Waals surface area contributed by atoms with Crippen LogP contribution in [-0.4, -0.2) is 96.7 Å². The molecule has 0 aliphatic carbocycles. The van der Waals surface area contributed by atoms with E-state index in [1.165, 1.54) is 263 Å². The average molecular weight is 1480 g/mol. The van der Waals surface area contributed by atoms with Gasteiger partial charge in [0.25, 0.3) is 0 Å². The summed E-state index contributed by atoms with van der Waals surface area (Å²) in [4.78, 5) is 73.1. The van der Waals surface area contributed by atoms with Gasteiger partial charge in [-0.25, -0.2) is 9.13 Å². The van der Waals surface area contributed by atoms with E-state index in [0.717, 1.165) is 95.8 Å². The summed E-state index contributed by atoms with van der Waals surface area (Å²) in [6.07, 6.45) is 66.6. The van der Waals surface area contributed by atoms with Crippen molar-refractivity contribution in [2.75, 3.05) is 39.6 Å².